The number of carbonyl (C=O) groups is 5. The van der Waals surface area contributed by atoms with Gasteiger partial charge in [-0.05, 0) is 13.3 Å². The molecule has 142 valence electrons. The number of aliphatic carboxylic acids is 2. The topological polar surface area (TPSA) is 222 Å². The first-order valence-electron chi connectivity index (χ1n) is 7.23. The molecule has 0 saturated carbocycles. The van der Waals surface area contributed by atoms with Gasteiger partial charge >= 0.3 is 11.9 Å². The zero-order chi connectivity index (χ0) is 19.7. The Labute approximate surface area is 142 Å². The van der Waals surface area contributed by atoms with Crippen molar-refractivity contribution in [1.29, 1.82) is 0 Å². The highest BCUT2D eigenvalue weighted by Crippen LogP contribution is 2.01. The molecule has 25 heavy (non-hydrogen) atoms. The Hall–Kier alpha value is -2.73. The van der Waals surface area contributed by atoms with Crippen molar-refractivity contribution in [3.63, 3.8) is 0 Å². The summed E-state index contributed by atoms with van der Waals surface area (Å²) in [5.74, 6) is -5.62. The van der Waals surface area contributed by atoms with Crippen LogP contribution in [-0.2, 0) is 24.0 Å². The third-order valence-corrected chi connectivity index (χ3v) is 3.09. The average Bonchev–Trinajstić information content (AvgIpc) is 2.47. The number of carbonyl (C=O) groups excluding carboxylic acids is 3. The summed E-state index contributed by atoms with van der Waals surface area (Å²) in [5, 5.41) is 30.9. The molecule has 0 aliphatic rings. The first-order chi connectivity index (χ1) is 11.5. The molecule has 3 amide bonds. The molecule has 0 aromatic rings. The van der Waals surface area contributed by atoms with Gasteiger partial charge in [0.1, 0.15) is 6.04 Å². The number of carboxylic acids is 2. The summed E-state index contributed by atoms with van der Waals surface area (Å²) in [4.78, 5) is 56.4. The molecule has 0 spiro atoms. The standard InChI is InChI=1S/C13H22N4O8/c1-5(18)10(13(24)25)17-12(23)7(4-8(15)19)16-11(22)6(14)2-3-9(20)21/h5-7,10,18H,2-4,14H2,1H3,(H2,15,19)(H,16,22)(H,17,23)(H,20,21)(H,24,25)/t5-,6+,7+,10+/m1/s1. The maximum atomic E-state index is 12.1. The summed E-state index contributed by atoms with van der Waals surface area (Å²) >= 11 is 0. The van der Waals surface area contributed by atoms with E-state index in [0.717, 1.165) is 6.92 Å². The minimum Gasteiger partial charge on any atom is -0.481 e. The van der Waals surface area contributed by atoms with E-state index in [9.17, 15) is 29.1 Å². The molecule has 0 fully saturated rings. The third-order valence-electron chi connectivity index (χ3n) is 3.09. The summed E-state index contributed by atoms with van der Waals surface area (Å²) in [6.45, 7) is 1.13. The van der Waals surface area contributed by atoms with Crippen LogP contribution >= 0.6 is 0 Å². The number of carboxylic acid groups (broad SMARTS) is 2. The molecule has 12 nitrogen and oxygen atoms in total. The molecule has 0 rings (SSSR count). The van der Waals surface area contributed by atoms with E-state index >= 15 is 0 Å². The van der Waals surface area contributed by atoms with Gasteiger partial charge in [-0.2, -0.15) is 0 Å². The van der Waals surface area contributed by atoms with Gasteiger partial charge in [-0.15, -0.1) is 0 Å². The van der Waals surface area contributed by atoms with Crippen LogP contribution in [0.2, 0.25) is 0 Å². The summed E-state index contributed by atoms with van der Waals surface area (Å²) in [6.07, 6.45) is -2.68. The van der Waals surface area contributed by atoms with Gasteiger partial charge in [0.25, 0.3) is 0 Å². The molecule has 9 N–H and O–H groups in total. The van der Waals surface area contributed by atoms with Gasteiger partial charge in [-0.25, -0.2) is 4.79 Å². The predicted molar refractivity (Wildman–Crippen MR) is 81.8 cm³/mol. The Kier molecular flexibility index (Phi) is 9.09. The van der Waals surface area contributed by atoms with Gasteiger partial charge in [0, 0.05) is 6.42 Å². The Morgan fingerprint density at radius 3 is 2.00 bits per heavy atom. The first-order valence-corrected chi connectivity index (χ1v) is 7.23. The fraction of sp³-hybridized carbons (Fsp3) is 0.615. The van der Waals surface area contributed by atoms with E-state index in [0.29, 0.717) is 0 Å². The zero-order valence-corrected chi connectivity index (χ0v) is 13.5. The fourth-order valence-electron chi connectivity index (χ4n) is 1.74. The molecule has 0 aliphatic carbocycles. The lowest BCUT2D eigenvalue weighted by atomic mass is 10.1. The number of nitrogens with one attached hydrogen (secondary N) is 2. The predicted octanol–water partition coefficient (Wildman–Crippen LogP) is -3.51. The number of hydrogen-bond acceptors (Lipinski definition) is 7. The third kappa shape index (κ3) is 8.62. The highest BCUT2D eigenvalue weighted by molar-refractivity contribution is 5.94. The Morgan fingerprint density at radius 2 is 1.60 bits per heavy atom. The van der Waals surface area contributed by atoms with E-state index in [1.54, 1.807) is 0 Å². The summed E-state index contributed by atoms with van der Waals surface area (Å²) in [7, 11) is 0. The zero-order valence-electron chi connectivity index (χ0n) is 13.5. The molecule has 0 unspecified atom stereocenters. The number of aliphatic hydroxyl groups is 1. The van der Waals surface area contributed by atoms with Crippen LogP contribution in [-0.4, -0.2) is 69.2 Å². The van der Waals surface area contributed by atoms with Crippen molar-refractivity contribution >= 4 is 29.7 Å². The average molecular weight is 362 g/mol. The Balaban J connectivity index is 5.01. The second-order valence-corrected chi connectivity index (χ2v) is 5.34. The number of rotatable bonds is 11. The van der Waals surface area contributed by atoms with Gasteiger partial charge in [0.2, 0.25) is 17.7 Å². The lowest BCUT2D eigenvalue weighted by molar-refractivity contribution is -0.145. The molecular weight excluding hydrogens is 340 g/mol. The van der Waals surface area contributed by atoms with Crippen molar-refractivity contribution < 1.29 is 39.3 Å². The van der Waals surface area contributed by atoms with E-state index in [-0.39, 0.29) is 12.8 Å². The number of primary amides is 1. The molecule has 0 aliphatic heterocycles. The van der Waals surface area contributed by atoms with E-state index in [1.807, 2.05) is 5.32 Å². The molecule has 0 saturated heterocycles. The second kappa shape index (κ2) is 10.2. The maximum absolute atomic E-state index is 12.1. The second-order valence-electron chi connectivity index (χ2n) is 5.34. The monoisotopic (exact) mass is 362 g/mol. The van der Waals surface area contributed by atoms with E-state index in [2.05, 4.69) is 5.32 Å². The number of aliphatic hydroxyl groups excluding tert-OH is 1. The molecular formula is C13H22N4O8. The molecule has 0 aromatic carbocycles. The summed E-state index contributed by atoms with van der Waals surface area (Å²) in [5.41, 5.74) is 10.5. The van der Waals surface area contributed by atoms with Crippen LogP contribution in [0.5, 0.6) is 0 Å². The van der Waals surface area contributed by atoms with E-state index < -0.39 is 60.3 Å². The SMILES string of the molecule is C[C@@H](O)[C@H](NC(=O)[C@H](CC(N)=O)NC(=O)[C@@H](N)CCC(=O)O)C(=O)O. The van der Waals surface area contributed by atoms with Crippen molar-refractivity contribution in [2.75, 3.05) is 0 Å². The van der Waals surface area contributed by atoms with Crippen LogP contribution in [0.4, 0.5) is 0 Å². The summed E-state index contributed by atoms with van der Waals surface area (Å²) in [6, 6.07) is -4.45. The van der Waals surface area contributed by atoms with Crippen LogP contribution < -0.4 is 22.1 Å². The lowest BCUT2D eigenvalue weighted by Crippen LogP contribution is -2.57. The highest BCUT2D eigenvalue weighted by Gasteiger charge is 2.31. The van der Waals surface area contributed by atoms with E-state index in [1.165, 1.54) is 0 Å². The minimum absolute atomic E-state index is 0.211. The minimum atomic E-state index is -1.67. The van der Waals surface area contributed by atoms with Crippen molar-refractivity contribution in [3.8, 4) is 0 Å². The molecule has 0 heterocycles. The highest BCUT2D eigenvalue weighted by atomic mass is 16.4. The fourth-order valence-corrected chi connectivity index (χ4v) is 1.74. The smallest absolute Gasteiger partial charge is 0.328 e. The van der Waals surface area contributed by atoms with Gasteiger partial charge < -0.3 is 37.4 Å². The van der Waals surface area contributed by atoms with Crippen molar-refractivity contribution in [3.05, 3.63) is 0 Å². The van der Waals surface area contributed by atoms with Gasteiger partial charge in [-0.3, -0.25) is 19.2 Å². The van der Waals surface area contributed by atoms with Crippen LogP contribution in [0.15, 0.2) is 0 Å². The van der Waals surface area contributed by atoms with Gasteiger partial charge in [0.05, 0.1) is 18.6 Å². The van der Waals surface area contributed by atoms with Crippen molar-refractivity contribution in [1.82, 2.24) is 10.6 Å². The lowest BCUT2D eigenvalue weighted by Gasteiger charge is -2.23. The molecule has 0 bridgehead atoms. The van der Waals surface area contributed by atoms with Crippen LogP contribution in [0.25, 0.3) is 0 Å². The van der Waals surface area contributed by atoms with Crippen LogP contribution in [0.1, 0.15) is 26.2 Å². The van der Waals surface area contributed by atoms with Crippen LogP contribution in [0, 0.1) is 0 Å². The number of nitrogens with two attached hydrogens (primary N) is 2. The normalized spacial score (nSPS) is 15.3. The molecule has 0 aromatic heterocycles. The summed E-state index contributed by atoms with van der Waals surface area (Å²) < 4.78 is 0. The molecule has 0 radical (unpaired) electrons. The Morgan fingerprint density at radius 1 is 1.04 bits per heavy atom. The maximum Gasteiger partial charge on any atom is 0.328 e. The molecule has 4 atom stereocenters. The van der Waals surface area contributed by atoms with Crippen molar-refractivity contribution in [2.24, 2.45) is 11.5 Å². The Bertz CT molecular complexity index is 536. The van der Waals surface area contributed by atoms with Gasteiger partial charge in [-0.1, -0.05) is 0 Å². The number of amides is 3. The first kappa shape index (κ1) is 22.3. The van der Waals surface area contributed by atoms with E-state index in [4.69, 9.17) is 21.7 Å². The van der Waals surface area contributed by atoms with Crippen LogP contribution in [0.3, 0.4) is 0 Å². The van der Waals surface area contributed by atoms with Gasteiger partial charge in [0.15, 0.2) is 6.04 Å². The molecule has 12 heteroatoms. The largest absolute Gasteiger partial charge is 0.481 e. The van der Waals surface area contributed by atoms with Crippen molar-refractivity contribution in [2.45, 2.75) is 50.4 Å². The quantitative estimate of drug-likeness (QED) is 0.193. The number of hydrogen-bond donors (Lipinski definition) is 7.